The Bertz CT molecular complexity index is 396. The molecule has 0 unspecified atom stereocenters. The Morgan fingerprint density at radius 3 is 2.76 bits per heavy atom. The first-order valence-corrected chi connectivity index (χ1v) is 7.81. The van der Waals surface area contributed by atoms with Gasteiger partial charge in [-0.1, -0.05) is 6.92 Å². The molecule has 1 N–H and O–H groups in total. The predicted molar refractivity (Wildman–Crippen MR) is 75.6 cm³/mol. The standard InChI is InChI=1S/C13H18BrNOS/c1-2-13(4-6-15-7-5-13)12(16)9-11-10(14)3-8-17-11/h3,8,15H,2,4-7,9H2,1H3. The molecule has 1 aliphatic rings. The van der Waals surface area contributed by atoms with Crippen LogP contribution in [0.2, 0.25) is 0 Å². The van der Waals surface area contributed by atoms with E-state index in [4.69, 9.17) is 0 Å². The van der Waals surface area contributed by atoms with E-state index in [2.05, 4.69) is 28.2 Å². The average Bonchev–Trinajstić information content (AvgIpc) is 2.76. The number of nitrogens with one attached hydrogen (secondary N) is 1. The molecule has 1 aliphatic heterocycles. The number of carbonyl (C=O) groups excluding carboxylic acids is 1. The summed E-state index contributed by atoms with van der Waals surface area (Å²) >= 11 is 5.17. The minimum atomic E-state index is -0.0747. The topological polar surface area (TPSA) is 29.1 Å². The molecule has 0 saturated carbocycles. The van der Waals surface area contributed by atoms with E-state index >= 15 is 0 Å². The van der Waals surface area contributed by atoms with Gasteiger partial charge in [0.2, 0.25) is 0 Å². The van der Waals surface area contributed by atoms with Gasteiger partial charge in [-0.15, -0.1) is 11.3 Å². The molecule has 0 aromatic carbocycles. The van der Waals surface area contributed by atoms with Crippen molar-refractivity contribution in [2.24, 2.45) is 5.41 Å². The van der Waals surface area contributed by atoms with Crippen LogP contribution in [-0.2, 0) is 11.2 Å². The van der Waals surface area contributed by atoms with Gasteiger partial charge in [-0.05, 0) is 59.7 Å². The summed E-state index contributed by atoms with van der Waals surface area (Å²) in [5.41, 5.74) is -0.0747. The van der Waals surface area contributed by atoms with Crippen molar-refractivity contribution in [1.82, 2.24) is 5.32 Å². The Labute approximate surface area is 115 Å². The number of ketones is 1. The van der Waals surface area contributed by atoms with Crippen LogP contribution in [0.4, 0.5) is 0 Å². The predicted octanol–water partition coefficient (Wildman–Crippen LogP) is 3.40. The molecule has 1 saturated heterocycles. The fourth-order valence-corrected chi connectivity index (χ4v) is 4.01. The molecule has 0 atom stereocenters. The molecule has 94 valence electrons. The van der Waals surface area contributed by atoms with Gasteiger partial charge < -0.3 is 5.32 Å². The lowest BCUT2D eigenvalue weighted by molar-refractivity contribution is -0.129. The van der Waals surface area contributed by atoms with E-state index in [1.54, 1.807) is 11.3 Å². The van der Waals surface area contributed by atoms with Gasteiger partial charge in [0, 0.05) is 21.2 Å². The first-order valence-electron chi connectivity index (χ1n) is 6.14. The molecule has 0 aliphatic carbocycles. The van der Waals surface area contributed by atoms with Crippen LogP contribution >= 0.6 is 27.3 Å². The molecule has 17 heavy (non-hydrogen) atoms. The first-order chi connectivity index (χ1) is 8.18. The van der Waals surface area contributed by atoms with Crippen LogP contribution in [0, 0.1) is 5.41 Å². The van der Waals surface area contributed by atoms with Crippen molar-refractivity contribution in [3.63, 3.8) is 0 Å². The van der Waals surface area contributed by atoms with E-state index < -0.39 is 0 Å². The third-order valence-electron chi connectivity index (χ3n) is 3.84. The summed E-state index contributed by atoms with van der Waals surface area (Å²) in [6.45, 7) is 4.10. The van der Waals surface area contributed by atoms with E-state index in [0.29, 0.717) is 12.2 Å². The van der Waals surface area contributed by atoms with Gasteiger partial charge in [-0.25, -0.2) is 0 Å². The third kappa shape index (κ3) is 2.80. The number of hydrogen-bond donors (Lipinski definition) is 1. The fourth-order valence-electron chi connectivity index (χ4n) is 2.52. The highest BCUT2D eigenvalue weighted by molar-refractivity contribution is 9.10. The van der Waals surface area contributed by atoms with Gasteiger partial charge in [-0.3, -0.25) is 4.79 Å². The molecule has 0 spiro atoms. The van der Waals surface area contributed by atoms with Crippen molar-refractivity contribution in [3.05, 3.63) is 20.8 Å². The molecular weight excluding hydrogens is 298 g/mol. The second-order valence-corrected chi connectivity index (χ2v) is 6.53. The Balaban J connectivity index is 2.10. The average molecular weight is 316 g/mol. The highest BCUT2D eigenvalue weighted by Gasteiger charge is 2.37. The smallest absolute Gasteiger partial charge is 0.144 e. The number of hydrogen-bond acceptors (Lipinski definition) is 3. The first kappa shape index (κ1) is 13.2. The lowest BCUT2D eigenvalue weighted by Gasteiger charge is -2.35. The molecule has 2 rings (SSSR count). The van der Waals surface area contributed by atoms with Gasteiger partial charge in [0.05, 0.1) is 0 Å². The van der Waals surface area contributed by atoms with Crippen LogP contribution in [0.15, 0.2) is 15.9 Å². The van der Waals surface area contributed by atoms with E-state index in [1.807, 2.05) is 11.4 Å². The summed E-state index contributed by atoms with van der Waals surface area (Å²) in [6.07, 6.45) is 3.54. The summed E-state index contributed by atoms with van der Waals surface area (Å²) in [7, 11) is 0. The van der Waals surface area contributed by atoms with E-state index in [9.17, 15) is 4.79 Å². The third-order valence-corrected chi connectivity index (χ3v) is 5.77. The van der Waals surface area contributed by atoms with Crippen molar-refractivity contribution < 1.29 is 4.79 Å². The highest BCUT2D eigenvalue weighted by atomic mass is 79.9. The van der Waals surface area contributed by atoms with Gasteiger partial charge in [0.25, 0.3) is 0 Å². The van der Waals surface area contributed by atoms with E-state index in [-0.39, 0.29) is 5.41 Å². The number of carbonyl (C=O) groups is 1. The van der Waals surface area contributed by atoms with Crippen LogP contribution in [0.1, 0.15) is 31.1 Å². The van der Waals surface area contributed by atoms with Crippen molar-refractivity contribution >= 4 is 33.0 Å². The number of Topliss-reactive ketones (excluding diaryl/α,β-unsaturated/α-hetero) is 1. The van der Waals surface area contributed by atoms with Gasteiger partial charge >= 0.3 is 0 Å². The Hall–Kier alpha value is -0.190. The minimum Gasteiger partial charge on any atom is -0.317 e. The molecule has 0 bridgehead atoms. The normalized spacial score (nSPS) is 19.2. The molecule has 2 nitrogen and oxygen atoms in total. The molecule has 2 heterocycles. The van der Waals surface area contributed by atoms with Crippen LogP contribution in [0.25, 0.3) is 0 Å². The summed E-state index contributed by atoms with van der Waals surface area (Å²) in [5, 5.41) is 5.38. The van der Waals surface area contributed by atoms with Gasteiger partial charge in [0.15, 0.2) is 0 Å². The Morgan fingerprint density at radius 2 is 2.24 bits per heavy atom. The molecule has 0 radical (unpaired) electrons. The van der Waals surface area contributed by atoms with Crippen molar-refractivity contribution in [1.29, 1.82) is 0 Å². The largest absolute Gasteiger partial charge is 0.317 e. The Morgan fingerprint density at radius 1 is 1.53 bits per heavy atom. The Kier molecular flexibility index (Phi) is 4.39. The van der Waals surface area contributed by atoms with Gasteiger partial charge in [-0.2, -0.15) is 0 Å². The quantitative estimate of drug-likeness (QED) is 0.922. The fraction of sp³-hybridized carbons (Fsp3) is 0.615. The number of piperidine rings is 1. The minimum absolute atomic E-state index is 0.0747. The second kappa shape index (κ2) is 5.63. The van der Waals surface area contributed by atoms with Crippen molar-refractivity contribution in [2.45, 2.75) is 32.6 Å². The zero-order chi connectivity index (χ0) is 12.3. The van der Waals surface area contributed by atoms with Gasteiger partial charge in [0.1, 0.15) is 5.78 Å². The molecule has 0 amide bonds. The van der Waals surface area contributed by atoms with Crippen LogP contribution in [0.5, 0.6) is 0 Å². The summed E-state index contributed by atoms with van der Waals surface area (Å²) in [4.78, 5) is 13.7. The van der Waals surface area contributed by atoms with Crippen LogP contribution < -0.4 is 5.32 Å². The maximum atomic E-state index is 12.5. The number of thiophene rings is 1. The number of halogens is 1. The lowest BCUT2D eigenvalue weighted by Crippen LogP contribution is -2.42. The molecular formula is C13H18BrNOS. The molecule has 4 heteroatoms. The summed E-state index contributed by atoms with van der Waals surface area (Å²) in [6, 6.07) is 2.02. The molecule has 1 aromatic heterocycles. The SMILES string of the molecule is CCC1(C(=O)Cc2sccc2Br)CCNCC1. The second-order valence-electron chi connectivity index (χ2n) is 4.68. The maximum Gasteiger partial charge on any atom is 0.144 e. The highest BCUT2D eigenvalue weighted by Crippen LogP contribution is 2.36. The monoisotopic (exact) mass is 315 g/mol. The molecule has 1 aromatic rings. The lowest BCUT2D eigenvalue weighted by atomic mass is 9.72. The number of rotatable bonds is 4. The molecule has 1 fully saturated rings. The van der Waals surface area contributed by atoms with Crippen LogP contribution in [-0.4, -0.2) is 18.9 Å². The van der Waals surface area contributed by atoms with Crippen LogP contribution in [0.3, 0.4) is 0 Å². The summed E-state index contributed by atoms with van der Waals surface area (Å²) < 4.78 is 1.08. The van der Waals surface area contributed by atoms with E-state index in [1.165, 1.54) is 4.88 Å². The van der Waals surface area contributed by atoms with E-state index in [0.717, 1.165) is 36.8 Å². The van der Waals surface area contributed by atoms with Crippen molar-refractivity contribution in [2.75, 3.05) is 13.1 Å². The van der Waals surface area contributed by atoms with Crippen molar-refractivity contribution in [3.8, 4) is 0 Å². The summed E-state index contributed by atoms with van der Waals surface area (Å²) in [5.74, 6) is 0.421. The maximum absolute atomic E-state index is 12.5. The zero-order valence-corrected chi connectivity index (χ0v) is 12.5. The zero-order valence-electron chi connectivity index (χ0n) is 10.1.